The van der Waals surface area contributed by atoms with Crippen molar-refractivity contribution in [2.24, 2.45) is 23.7 Å². The molecule has 3 atom stereocenters. The molecule has 3 unspecified atom stereocenters. The van der Waals surface area contributed by atoms with E-state index in [-0.39, 0.29) is 0 Å². The van der Waals surface area contributed by atoms with Crippen molar-refractivity contribution in [1.29, 1.82) is 0 Å². The van der Waals surface area contributed by atoms with Gasteiger partial charge in [0.15, 0.2) is 0 Å². The molecule has 2 heteroatoms. The van der Waals surface area contributed by atoms with Crippen LogP contribution < -0.4 is 0 Å². The second-order valence-electron chi connectivity index (χ2n) is 7.50. The Balaban J connectivity index is 1.90. The van der Waals surface area contributed by atoms with Crippen LogP contribution in [0.15, 0.2) is 0 Å². The average molecular weight is 265 g/mol. The van der Waals surface area contributed by atoms with Crippen molar-refractivity contribution >= 4 is 5.78 Å². The zero-order valence-electron chi connectivity index (χ0n) is 13.2. The third kappa shape index (κ3) is 4.30. The van der Waals surface area contributed by atoms with Gasteiger partial charge in [0.1, 0.15) is 5.78 Å². The van der Waals surface area contributed by atoms with Crippen LogP contribution in [0.2, 0.25) is 0 Å². The Hall–Kier alpha value is -0.370. The summed E-state index contributed by atoms with van der Waals surface area (Å²) in [6.07, 6.45) is 6.02. The molecule has 0 amide bonds. The fourth-order valence-electron chi connectivity index (χ4n) is 3.52. The first-order valence-corrected chi connectivity index (χ1v) is 8.24. The van der Waals surface area contributed by atoms with E-state index in [0.717, 1.165) is 24.9 Å². The molecule has 2 aliphatic carbocycles. The second-order valence-corrected chi connectivity index (χ2v) is 7.50. The first-order valence-electron chi connectivity index (χ1n) is 8.24. The van der Waals surface area contributed by atoms with Gasteiger partial charge in [-0.3, -0.25) is 9.69 Å². The van der Waals surface area contributed by atoms with Crippen molar-refractivity contribution < 1.29 is 4.79 Å². The summed E-state index contributed by atoms with van der Waals surface area (Å²) >= 11 is 0. The number of hydrogen-bond acceptors (Lipinski definition) is 2. The summed E-state index contributed by atoms with van der Waals surface area (Å²) in [5, 5.41) is 0. The summed E-state index contributed by atoms with van der Waals surface area (Å²) in [5.74, 6) is 2.78. The van der Waals surface area contributed by atoms with Gasteiger partial charge in [-0.1, -0.05) is 27.7 Å². The maximum atomic E-state index is 12.3. The minimum absolute atomic E-state index is 0.309. The maximum Gasteiger partial charge on any atom is 0.137 e. The molecular weight excluding hydrogens is 234 g/mol. The normalized spacial score (nSPS) is 32.3. The fraction of sp³-hybridized carbons (Fsp3) is 0.941. The van der Waals surface area contributed by atoms with Crippen molar-refractivity contribution in [3.8, 4) is 0 Å². The molecule has 0 spiro atoms. The molecule has 0 aromatic heterocycles. The standard InChI is InChI=1S/C17H31NO/c1-12(2)7-8-18(15-5-6-15)11-16-14(4)9-13(3)10-17(16)19/h12-16H,5-11H2,1-4H3. The number of carbonyl (C=O) groups excluding carboxylic acids is 1. The second kappa shape index (κ2) is 6.39. The third-order valence-electron chi connectivity index (χ3n) is 4.91. The first kappa shape index (κ1) is 15.0. The van der Waals surface area contributed by atoms with Crippen LogP contribution in [-0.2, 0) is 4.79 Å². The van der Waals surface area contributed by atoms with E-state index >= 15 is 0 Å². The molecule has 0 aromatic carbocycles. The summed E-state index contributed by atoms with van der Waals surface area (Å²) in [6, 6.07) is 0.790. The lowest BCUT2D eigenvalue weighted by molar-refractivity contribution is -0.128. The van der Waals surface area contributed by atoms with Gasteiger partial charge < -0.3 is 0 Å². The zero-order chi connectivity index (χ0) is 14.0. The van der Waals surface area contributed by atoms with Crippen molar-refractivity contribution in [3.05, 3.63) is 0 Å². The Morgan fingerprint density at radius 1 is 1.26 bits per heavy atom. The number of rotatable bonds is 6. The summed E-state index contributed by atoms with van der Waals surface area (Å²) in [5.41, 5.74) is 0. The van der Waals surface area contributed by atoms with Gasteiger partial charge in [-0.15, -0.1) is 0 Å². The quantitative estimate of drug-likeness (QED) is 0.729. The van der Waals surface area contributed by atoms with E-state index < -0.39 is 0 Å². The lowest BCUT2D eigenvalue weighted by Crippen LogP contribution is -2.41. The minimum Gasteiger partial charge on any atom is -0.300 e. The van der Waals surface area contributed by atoms with Crippen LogP contribution in [0.5, 0.6) is 0 Å². The van der Waals surface area contributed by atoms with Crippen LogP contribution in [0.3, 0.4) is 0 Å². The number of nitrogens with zero attached hydrogens (tertiary/aromatic N) is 1. The molecule has 110 valence electrons. The molecule has 0 aromatic rings. The molecule has 2 nitrogen and oxygen atoms in total. The predicted molar refractivity (Wildman–Crippen MR) is 80.1 cm³/mol. The van der Waals surface area contributed by atoms with E-state index in [1.807, 2.05) is 0 Å². The summed E-state index contributed by atoms with van der Waals surface area (Å²) in [6.45, 7) is 11.3. The van der Waals surface area contributed by atoms with Crippen molar-refractivity contribution in [2.45, 2.75) is 65.8 Å². The van der Waals surface area contributed by atoms with Gasteiger partial charge in [-0.05, 0) is 50.0 Å². The van der Waals surface area contributed by atoms with E-state index in [1.54, 1.807) is 0 Å². The van der Waals surface area contributed by atoms with Crippen LogP contribution in [-0.4, -0.2) is 29.8 Å². The fourth-order valence-corrected chi connectivity index (χ4v) is 3.52. The van der Waals surface area contributed by atoms with Crippen LogP contribution >= 0.6 is 0 Å². The molecule has 2 aliphatic rings. The van der Waals surface area contributed by atoms with Gasteiger partial charge in [0.25, 0.3) is 0 Å². The topological polar surface area (TPSA) is 20.3 Å². The average Bonchev–Trinajstić information content (AvgIpc) is 3.10. The monoisotopic (exact) mass is 265 g/mol. The summed E-state index contributed by atoms with van der Waals surface area (Å²) in [4.78, 5) is 14.9. The molecule has 0 bridgehead atoms. The van der Waals surface area contributed by atoms with E-state index in [0.29, 0.717) is 23.5 Å². The van der Waals surface area contributed by atoms with Crippen molar-refractivity contribution in [3.63, 3.8) is 0 Å². The Labute approximate surface area is 118 Å². The molecule has 0 saturated heterocycles. The van der Waals surface area contributed by atoms with E-state index in [4.69, 9.17) is 0 Å². The molecule has 19 heavy (non-hydrogen) atoms. The lowest BCUT2D eigenvalue weighted by atomic mass is 9.74. The lowest BCUT2D eigenvalue weighted by Gasteiger charge is -2.35. The Bertz CT molecular complexity index is 308. The molecule has 2 saturated carbocycles. The van der Waals surface area contributed by atoms with E-state index in [9.17, 15) is 4.79 Å². The van der Waals surface area contributed by atoms with Crippen LogP contribution in [0.25, 0.3) is 0 Å². The van der Waals surface area contributed by atoms with Gasteiger partial charge in [-0.2, -0.15) is 0 Å². The van der Waals surface area contributed by atoms with Crippen molar-refractivity contribution in [1.82, 2.24) is 4.90 Å². The molecule has 0 heterocycles. The molecular formula is C17H31NO. The van der Waals surface area contributed by atoms with Crippen LogP contribution in [0, 0.1) is 23.7 Å². The van der Waals surface area contributed by atoms with Crippen LogP contribution in [0.1, 0.15) is 59.8 Å². The largest absolute Gasteiger partial charge is 0.300 e. The summed E-state index contributed by atoms with van der Waals surface area (Å²) in [7, 11) is 0. The van der Waals surface area contributed by atoms with Gasteiger partial charge in [0.2, 0.25) is 0 Å². The van der Waals surface area contributed by atoms with E-state index in [1.165, 1.54) is 32.2 Å². The number of carbonyl (C=O) groups is 1. The van der Waals surface area contributed by atoms with Gasteiger partial charge >= 0.3 is 0 Å². The number of hydrogen-bond donors (Lipinski definition) is 0. The number of Topliss-reactive ketones (excluding diaryl/α,β-unsaturated/α-hetero) is 1. The van der Waals surface area contributed by atoms with E-state index in [2.05, 4.69) is 32.6 Å². The number of ketones is 1. The Morgan fingerprint density at radius 3 is 2.47 bits per heavy atom. The highest BCUT2D eigenvalue weighted by atomic mass is 16.1. The minimum atomic E-state index is 0.309. The SMILES string of the molecule is CC(C)CCN(CC1C(=O)CC(C)CC1C)C1CC1. The molecule has 2 rings (SSSR count). The zero-order valence-corrected chi connectivity index (χ0v) is 13.2. The molecule has 0 aliphatic heterocycles. The third-order valence-corrected chi connectivity index (χ3v) is 4.91. The molecule has 0 radical (unpaired) electrons. The highest BCUT2D eigenvalue weighted by Gasteiger charge is 2.37. The smallest absolute Gasteiger partial charge is 0.137 e. The van der Waals surface area contributed by atoms with Crippen LogP contribution in [0.4, 0.5) is 0 Å². The van der Waals surface area contributed by atoms with Gasteiger partial charge in [-0.25, -0.2) is 0 Å². The highest BCUT2D eigenvalue weighted by Crippen LogP contribution is 2.34. The highest BCUT2D eigenvalue weighted by molar-refractivity contribution is 5.82. The predicted octanol–water partition coefficient (Wildman–Crippen LogP) is 3.75. The molecule has 2 fully saturated rings. The maximum absolute atomic E-state index is 12.3. The molecule has 0 N–H and O–H groups in total. The van der Waals surface area contributed by atoms with Crippen molar-refractivity contribution in [2.75, 3.05) is 13.1 Å². The van der Waals surface area contributed by atoms with Gasteiger partial charge in [0.05, 0.1) is 0 Å². The Morgan fingerprint density at radius 2 is 1.95 bits per heavy atom. The summed E-state index contributed by atoms with van der Waals surface area (Å²) < 4.78 is 0. The Kier molecular flexibility index (Phi) is 5.05. The first-order chi connectivity index (χ1) is 8.97. The van der Waals surface area contributed by atoms with Gasteiger partial charge in [0, 0.05) is 24.9 Å².